The van der Waals surface area contributed by atoms with Gasteiger partial charge in [-0.05, 0) is 12.1 Å². The van der Waals surface area contributed by atoms with Crippen molar-refractivity contribution in [2.24, 2.45) is 0 Å². The first-order chi connectivity index (χ1) is 8.22. The quantitative estimate of drug-likeness (QED) is 0.448. The average Bonchev–Trinajstić information content (AvgIpc) is 2.39. The van der Waals surface area contributed by atoms with E-state index >= 15 is 0 Å². The molecule has 0 aliphatic rings. The SMILES string of the molecule is COC(=O)c1cc[n+]([O-])c(-c2ccccc2)c1. The lowest BCUT2D eigenvalue weighted by molar-refractivity contribution is -0.593. The summed E-state index contributed by atoms with van der Waals surface area (Å²) in [6, 6.07) is 12.1. The van der Waals surface area contributed by atoms with Crippen molar-refractivity contribution in [2.45, 2.75) is 0 Å². The van der Waals surface area contributed by atoms with Crippen molar-refractivity contribution in [2.75, 3.05) is 7.11 Å². The Bertz CT molecular complexity index is 538. The van der Waals surface area contributed by atoms with E-state index in [1.54, 1.807) is 0 Å². The summed E-state index contributed by atoms with van der Waals surface area (Å²) in [7, 11) is 1.31. The number of esters is 1. The van der Waals surface area contributed by atoms with E-state index in [0.717, 1.165) is 10.3 Å². The van der Waals surface area contributed by atoms with E-state index in [-0.39, 0.29) is 0 Å². The average molecular weight is 229 g/mol. The van der Waals surface area contributed by atoms with Gasteiger partial charge >= 0.3 is 5.97 Å². The number of benzene rings is 1. The summed E-state index contributed by atoms with van der Waals surface area (Å²) >= 11 is 0. The minimum absolute atomic E-state index is 0.360. The van der Waals surface area contributed by atoms with E-state index in [4.69, 9.17) is 0 Å². The van der Waals surface area contributed by atoms with Gasteiger partial charge in [-0.15, -0.1) is 0 Å². The Labute approximate surface area is 98.7 Å². The van der Waals surface area contributed by atoms with Crippen LogP contribution in [0.15, 0.2) is 48.7 Å². The molecule has 0 fully saturated rings. The van der Waals surface area contributed by atoms with E-state index in [1.807, 2.05) is 30.3 Å². The maximum Gasteiger partial charge on any atom is 0.338 e. The summed E-state index contributed by atoms with van der Waals surface area (Å²) in [6.07, 6.45) is 1.30. The van der Waals surface area contributed by atoms with Gasteiger partial charge in [0, 0.05) is 17.7 Å². The Morgan fingerprint density at radius 2 is 1.94 bits per heavy atom. The van der Waals surface area contributed by atoms with Crippen LogP contribution < -0.4 is 4.73 Å². The number of ether oxygens (including phenoxy) is 1. The van der Waals surface area contributed by atoms with E-state index < -0.39 is 5.97 Å². The molecule has 0 aliphatic heterocycles. The molecule has 2 rings (SSSR count). The van der Waals surface area contributed by atoms with Gasteiger partial charge in [0.2, 0.25) is 5.69 Å². The number of hydrogen-bond acceptors (Lipinski definition) is 3. The zero-order valence-electron chi connectivity index (χ0n) is 9.29. The lowest BCUT2D eigenvalue weighted by Crippen LogP contribution is -2.29. The van der Waals surface area contributed by atoms with Crippen LogP contribution in [0, 0.1) is 5.21 Å². The van der Waals surface area contributed by atoms with E-state index in [9.17, 15) is 10.0 Å². The van der Waals surface area contributed by atoms with Crippen molar-refractivity contribution < 1.29 is 14.3 Å². The lowest BCUT2D eigenvalue weighted by Gasteiger charge is -2.05. The van der Waals surface area contributed by atoms with Gasteiger partial charge in [-0.2, -0.15) is 4.73 Å². The molecule has 0 N–H and O–H groups in total. The molecule has 1 heterocycles. The highest BCUT2D eigenvalue weighted by Crippen LogP contribution is 2.16. The number of pyridine rings is 1. The molecule has 0 atom stereocenters. The van der Waals surface area contributed by atoms with Crippen LogP contribution in [0.1, 0.15) is 10.4 Å². The molecule has 1 aromatic heterocycles. The highest BCUT2D eigenvalue weighted by Gasteiger charge is 2.13. The van der Waals surface area contributed by atoms with Crippen molar-refractivity contribution in [3.8, 4) is 11.3 Å². The minimum atomic E-state index is -0.456. The summed E-state index contributed by atoms with van der Waals surface area (Å²) < 4.78 is 5.34. The summed E-state index contributed by atoms with van der Waals surface area (Å²) in [4.78, 5) is 11.4. The highest BCUT2D eigenvalue weighted by atomic mass is 16.5. The van der Waals surface area contributed by atoms with Crippen molar-refractivity contribution in [1.82, 2.24) is 0 Å². The molecule has 0 spiro atoms. The van der Waals surface area contributed by atoms with Crippen LogP contribution in [0.5, 0.6) is 0 Å². The lowest BCUT2D eigenvalue weighted by atomic mass is 10.1. The Morgan fingerprint density at radius 1 is 1.24 bits per heavy atom. The third-order valence-electron chi connectivity index (χ3n) is 2.41. The summed E-state index contributed by atoms with van der Waals surface area (Å²) in [5.41, 5.74) is 1.54. The predicted octanol–water partition coefficient (Wildman–Crippen LogP) is 1.77. The predicted molar refractivity (Wildman–Crippen MR) is 62.2 cm³/mol. The van der Waals surface area contributed by atoms with Crippen molar-refractivity contribution >= 4 is 5.97 Å². The number of aromatic nitrogens is 1. The second-order valence-corrected chi connectivity index (χ2v) is 3.48. The normalized spacial score (nSPS) is 9.94. The molecular weight excluding hydrogens is 218 g/mol. The number of nitrogens with zero attached hydrogens (tertiary/aromatic N) is 1. The van der Waals surface area contributed by atoms with Crippen molar-refractivity contribution in [3.63, 3.8) is 0 Å². The number of rotatable bonds is 2. The van der Waals surface area contributed by atoms with Gasteiger partial charge in [-0.1, -0.05) is 18.2 Å². The zero-order valence-corrected chi connectivity index (χ0v) is 9.29. The van der Waals surface area contributed by atoms with Crippen LogP contribution in [0.2, 0.25) is 0 Å². The molecule has 86 valence electrons. The van der Waals surface area contributed by atoms with Gasteiger partial charge in [0.1, 0.15) is 0 Å². The fourth-order valence-electron chi connectivity index (χ4n) is 1.55. The smallest absolute Gasteiger partial charge is 0.338 e. The molecule has 17 heavy (non-hydrogen) atoms. The monoisotopic (exact) mass is 229 g/mol. The third-order valence-corrected chi connectivity index (χ3v) is 2.41. The van der Waals surface area contributed by atoms with Gasteiger partial charge in [0.25, 0.3) is 0 Å². The first-order valence-corrected chi connectivity index (χ1v) is 5.09. The molecular formula is C13H11NO3. The minimum Gasteiger partial charge on any atom is -0.618 e. The Morgan fingerprint density at radius 3 is 2.59 bits per heavy atom. The maximum atomic E-state index is 11.6. The van der Waals surface area contributed by atoms with E-state index in [1.165, 1.54) is 25.4 Å². The van der Waals surface area contributed by atoms with Crippen LogP contribution in [0.3, 0.4) is 0 Å². The van der Waals surface area contributed by atoms with Crippen LogP contribution in [0.25, 0.3) is 11.3 Å². The third kappa shape index (κ3) is 2.25. The molecule has 0 radical (unpaired) electrons. The van der Waals surface area contributed by atoms with Crippen LogP contribution in [-0.2, 0) is 4.74 Å². The molecule has 0 aliphatic carbocycles. The Kier molecular flexibility index (Phi) is 3.05. The van der Waals surface area contributed by atoms with Crippen LogP contribution in [-0.4, -0.2) is 13.1 Å². The summed E-state index contributed by atoms with van der Waals surface area (Å²) in [5.74, 6) is -0.456. The van der Waals surface area contributed by atoms with E-state index in [2.05, 4.69) is 4.74 Å². The van der Waals surface area contributed by atoms with Crippen molar-refractivity contribution in [1.29, 1.82) is 0 Å². The second-order valence-electron chi connectivity index (χ2n) is 3.48. The first kappa shape index (κ1) is 11.1. The Balaban J connectivity index is 2.50. The molecule has 0 saturated heterocycles. The molecule has 2 aromatic rings. The van der Waals surface area contributed by atoms with Gasteiger partial charge in [-0.25, -0.2) is 4.79 Å². The number of methoxy groups -OCH3 is 1. The second kappa shape index (κ2) is 4.65. The standard InChI is InChI=1S/C13H11NO3/c1-17-13(15)11-7-8-14(16)12(9-11)10-5-3-2-4-6-10/h2-9H,1H3. The molecule has 4 heteroatoms. The number of carbonyl (C=O) groups excluding carboxylic acids is 1. The number of hydrogen-bond donors (Lipinski definition) is 0. The van der Waals surface area contributed by atoms with Gasteiger partial charge < -0.3 is 9.94 Å². The largest absolute Gasteiger partial charge is 0.618 e. The summed E-state index contributed by atoms with van der Waals surface area (Å²) in [6.45, 7) is 0. The maximum absolute atomic E-state index is 11.6. The van der Waals surface area contributed by atoms with E-state index in [0.29, 0.717) is 11.3 Å². The molecule has 4 nitrogen and oxygen atoms in total. The van der Waals surface area contributed by atoms with Crippen LogP contribution in [0.4, 0.5) is 0 Å². The Hall–Kier alpha value is -2.36. The number of carbonyl (C=O) groups is 1. The first-order valence-electron chi connectivity index (χ1n) is 5.09. The zero-order chi connectivity index (χ0) is 12.3. The molecule has 0 bridgehead atoms. The molecule has 0 unspecified atom stereocenters. The van der Waals surface area contributed by atoms with Crippen molar-refractivity contribution in [3.05, 3.63) is 59.4 Å². The molecule has 1 aromatic carbocycles. The van der Waals surface area contributed by atoms with Gasteiger partial charge in [0.05, 0.1) is 12.7 Å². The van der Waals surface area contributed by atoms with Crippen LogP contribution >= 0.6 is 0 Å². The van der Waals surface area contributed by atoms with Gasteiger partial charge in [0.15, 0.2) is 6.20 Å². The fourth-order valence-corrected chi connectivity index (χ4v) is 1.55. The highest BCUT2D eigenvalue weighted by molar-refractivity contribution is 5.90. The topological polar surface area (TPSA) is 53.2 Å². The fraction of sp³-hybridized carbons (Fsp3) is 0.0769. The summed E-state index contributed by atoms with van der Waals surface area (Å²) in [5, 5.41) is 11.6. The van der Waals surface area contributed by atoms with Gasteiger partial charge in [-0.3, -0.25) is 0 Å². The molecule has 0 saturated carbocycles. The molecule has 0 amide bonds.